The standard InChI is InChI=1S/C23H25FN2O3/c1-16-6-11-19(22(13-16)29-15-27-2)21-14-20(17-7-9-18(24)10-8-17)25-26(21)23-5-3-4-12-28-23/h6-11,13-14,23H,3-5,12,15H2,1-2H3. The van der Waals surface area contributed by atoms with Crippen molar-refractivity contribution in [2.75, 3.05) is 20.5 Å². The average molecular weight is 396 g/mol. The van der Waals surface area contributed by atoms with Gasteiger partial charge in [0.2, 0.25) is 0 Å². The summed E-state index contributed by atoms with van der Waals surface area (Å²) in [5, 5.41) is 4.84. The van der Waals surface area contributed by atoms with Crippen molar-refractivity contribution in [1.82, 2.24) is 9.78 Å². The first-order valence-corrected chi connectivity index (χ1v) is 9.85. The number of aryl methyl sites for hydroxylation is 1. The molecule has 1 aliphatic heterocycles. The van der Waals surface area contributed by atoms with Crippen LogP contribution in [0.2, 0.25) is 0 Å². The van der Waals surface area contributed by atoms with Crippen molar-refractivity contribution < 1.29 is 18.6 Å². The van der Waals surface area contributed by atoms with E-state index in [1.54, 1.807) is 19.2 Å². The van der Waals surface area contributed by atoms with Gasteiger partial charge in [-0.15, -0.1) is 0 Å². The lowest BCUT2D eigenvalue weighted by molar-refractivity contribution is -0.0382. The molecule has 0 bridgehead atoms. The predicted octanol–water partition coefficient (Wildman–Crippen LogP) is 5.35. The van der Waals surface area contributed by atoms with E-state index in [0.29, 0.717) is 0 Å². The monoisotopic (exact) mass is 396 g/mol. The second-order valence-corrected chi connectivity index (χ2v) is 7.24. The normalized spacial score (nSPS) is 16.7. The second kappa shape index (κ2) is 8.76. The Hall–Kier alpha value is -2.70. The molecule has 2 aromatic carbocycles. The summed E-state index contributed by atoms with van der Waals surface area (Å²) < 4.78 is 32.3. The first kappa shape index (κ1) is 19.6. The molecule has 152 valence electrons. The minimum absolute atomic E-state index is 0.135. The van der Waals surface area contributed by atoms with Crippen molar-refractivity contribution in [3.63, 3.8) is 0 Å². The third kappa shape index (κ3) is 4.33. The Labute approximate surface area is 170 Å². The van der Waals surface area contributed by atoms with Gasteiger partial charge in [0.15, 0.2) is 13.0 Å². The molecular formula is C23H25FN2O3. The van der Waals surface area contributed by atoms with Crippen LogP contribution in [0.3, 0.4) is 0 Å². The van der Waals surface area contributed by atoms with E-state index in [2.05, 4.69) is 0 Å². The van der Waals surface area contributed by atoms with Crippen molar-refractivity contribution in [2.24, 2.45) is 0 Å². The van der Waals surface area contributed by atoms with E-state index in [9.17, 15) is 4.39 Å². The van der Waals surface area contributed by atoms with Gasteiger partial charge in [0.25, 0.3) is 0 Å². The molecule has 6 heteroatoms. The molecule has 5 nitrogen and oxygen atoms in total. The average Bonchev–Trinajstić information content (AvgIpc) is 3.18. The van der Waals surface area contributed by atoms with E-state index >= 15 is 0 Å². The van der Waals surface area contributed by atoms with E-state index in [-0.39, 0.29) is 18.8 Å². The van der Waals surface area contributed by atoms with Crippen molar-refractivity contribution in [3.05, 3.63) is 59.9 Å². The smallest absolute Gasteiger partial charge is 0.188 e. The predicted molar refractivity (Wildman–Crippen MR) is 109 cm³/mol. The van der Waals surface area contributed by atoms with Gasteiger partial charge in [-0.3, -0.25) is 0 Å². The van der Waals surface area contributed by atoms with Crippen molar-refractivity contribution >= 4 is 0 Å². The maximum absolute atomic E-state index is 13.4. The maximum Gasteiger partial charge on any atom is 0.188 e. The number of hydrogen-bond donors (Lipinski definition) is 0. The number of rotatable bonds is 6. The van der Waals surface area contributed by atoms with E-state index in [4.69, 9.17) is 19.3 Å². The first-order valence-electron chi connectivity index (χ1n) is 9.85. The molecule has 1 unspecified atom stereocenters. The minimum atomic E-state index is -0.266. The van der Waals surface area contributed by atoms with E-state index < -0.39 is 0 Å². The van der Waals surface area contributed by atoms with Crippen LogP contribution in [0.1, 0.15) is 31.1 Å². The van der Waals surface area contributed by atoms with Crippen LogP contribution in [0.4, 0.5) is 4.39 Å². The maximum atomic E-state index is 13.4. The van der Waals surface area contributed by atoms with E-state index in [1.807, 2.05) is 35.9 Å². The van der Waals surface area contributed by atoms with Gasteiger partial charge >= 0.3 is 0 Å². The fourth-order valence-electron chi connectivity index (χ4n) is 3.58. The summed E-state index contributed by atoms with van der Waals surface area (Å²) in [5.74, 6) is 0.465. The molecule has 1 saturated heterocycles. The number of hydrogen-bond acceptors (Lipinski definition) is 4. The molecule has 2 heterocycles. The third-order valence-electron chi connectivity index (χ3n) is 5.05. The highest BCUT2D eigenvalue weighted by molar-refractivity contribution is 5.73. The molecule has 3 aromatic rings. The highest BCUT2D eigenvalue weighted by atomic mass is 19.1. The van der Waals surface area contributed by atoms with Crippen LogP contribution in [0, 0.1) is 12.7 Å². The summed E-state index contributed by atoms with van der Waals surface area (Å²) in [6, 6.07) is 14.5. The van der Waals surface area contributed by atoms with Crippen LogP contribution >= 0.6 is 0 Å². The van der Waals surface area contributed by atoms with E-state index in [0.717, 1.165) is 59.7 Å². The van der Waals surface area contributed by atoms with Gasteiger partial charge in [0.05, 0.1) is 11.4 Å². The Morgan fingerprint density at radius 3 is 2.69 bits per heavy atom. The van der Waals surface area contributed by atoms with Gasteiger partial charge in [-0.05, 0) is 74.2 Å². The molecule has 0 spiro atoms. The van der Waals surface area contributed by atoms with Gasteiger partial charge in [-0.25, -0.2) is 9.07 Å². The lowest BCUT2D eigenvalue weighted by Crippen LogP contribution is -2.20. The number of ether oxygens (including phenoxy) is 3. The van der Waals surface area contributed by atoms with Crippen LogP contribution in [0.5, 0.6) is 5.75 Å². The minimum Gasteiger partial charge on any atom is -0.467 e. The number of aromatic nitrogens is 2. The quantitative estimate of drug-likeness (QED) is 0.527. The Morgan fingerprint density at radius 2 is 1.97 bits per heavy atom. The SMILES string of the molecule is COCOc1cc(C)ccc1-c1cc(-c2ccc(F)cc2)nn1C1CCCCO1. The molecule has 1 atom stereocenters. The summed E-state index contributed by atoms with van der Waals surface area (Å²) in [4.78, 5) is 0. The molecule has 1 fully saturated rings. The number of benzene rings is 2. The number of halogens is 1. The zero-order valence-corrected chi connectivity index (χ0v) is 16.7. The largest absolute Gasteiger partial charge is 0.467 e. The fourth-order valence-corrected chi connectivity index (χ4v) is 3.58. The zero-order valence-electron chi connectivity index (χ0n) is 16.7. The number of nitrogens with zero attached hydrogens (tertiary/aromatic N) is 2. The first-order chi connectivity index (χ1) is 14.2. The molecule has 29 heavy (non-hydrogen) atoms. The number of methoxy groups -OCH3 is 1. The van der Waals surface area contributed by atoms with Gasteiger partial charge in [-0.2, -0.15) is 5.10 Å². The molecule has 0 radical (unpaired) electrons. The van der Waals surface area contributed by atoms with Gasteiger partial charge in [0, 0.05) is 24.8 Å². The Kier molecular flexibility index (Phi) is 5.92. The molecule has 0 amide bonds. The topological polar surface area (TPSA) is 45.5 Å². The third-order valence-corrected chi connectivity index (χ3v) is 5.05. The van der Waals surface area contributed by atoms with Crippen LogP contribution in [0.15, 0.2) is 48.5 Å². The van der Waals surface area contributed by atoms with Crippen LogP contribution < -0.4 is 4.74 Å². The summed E-state index contributed by atoms with van der Waals surface area (Å²) in [7, 11) is 1.60. The van der Waals surface area contributed by atoms with Crippen LogP contribution in [-0.2, 0) is 9.47 Å². The highest BCUT2D eigenvalue weighted by Gasteiger charge is 2.23. The molecule has 1 aromatic heterocycles. The fraction of sp³-hybridized carbons (Fsp3) is 0.348. The summed E-state index contributed by atoms with van der Waals surface area (Å²) in [6.45, 7) is 2.90. The van der Waals surface area contributed by atoms with Crippen molar-refractivity contribution in [3.8, 4) is 28.3 Å². The molecule has 0 aliphatic carbocycles. The van der Waals surface area contributed by atoms with Crippen LogP contribution in [0.25, 0.3) is 22.5 Å². The summed E-state index contributed by atoms with van der Waals surface area (Å²) in [5.41, 5.74) is 4.55. The zero-order chi connectivity index (χ0) is 20.2. The van der Waals surface area contributed by atoms with Gasteiger partial charge in [-0.1, -0.05) is 6.07 Å². The summed E-state index contributed by atoms with van der Waals surface area (Å²) in [6.07, 6.45) is 2.92. The molecular weight excluding hydrogens is 371 g/mol. The van der Waals surface area contributed by atoms with Gasteiger partial charge < -0.3 is 14.2 Å². The second-order valence-electron chi connectivity index (χ2n) is 7.24. The molecule has 4 rings (SSSR count). The molecule has 0 saturated carbocycles. The van der Waals surface area contributed by atoms with Gasteiger partial charge in [0.1, 0.15) is 11.6 Å². The lowest BCUT2D eigenvalue weighted by Gasteiger charge is -2.25. The molecule has 1 aliphatic rings. The summed E-state index contributed by atoms with van der Waals surface area (Å²) >= 11 is 0. The lowest BCUT2D eigenvalue weighted by atomic mass is 10.1. The Balaban J connectivity index is 1.82. The van der Waals surface area contributed by atoms with Crippen molar-refractivity contribution in [1.29, 1.82) is 0 Å². The highest BCUT2D eigenvalue weighted by Crippen LogP contribution is 2.37. The van der Waals surface area contributed by atoms with E-state index in [1.165, 1.54) is 12.1 Å². The van der Waals surface area contributed by atoms with Crippen LogP contribution in [-0.4, -0.2) is 30.3 Å². The molecule has 0 N–H and O–H groups in total. The Morgan fingerprint density at radius 1 is 1.14 bits per heavy atom. The van der Waals surface area contributed by atoms with Crippen molar-refractivity contribution in [2.45, 2.75) is 32.4 Å². The Bertz CT molecular complexity index is 963.